The third kappa shape index (κ3) is 1.94. The van der Waals surface area contributed by atoms with Crippen molar-refractivity contribution in [1.82, 2.24) is 9.97 Å². The number of rotatable bonds is 3. The summed E-state index contributed by atoms with van der Waals surface area (Å²) in [4.78, 5) is 7.46. The molecule has 6 heteroatoms. The molecule has 0 aliphatic heterocycles. The highest BCUT2D eigenvalue weighted by Gasteiger charge is 2.14. The van der Waals surface area contributed by atoms with Crippen LogP contribution in [0, 0.1) is 0 Å². The zero-order valence-electron chi connectivity index (χ0n) is 9.02. The Morgan fingerprint density at radius 2 is 2.19 bits per heavy atom. The van der Waals surface area contributed by atoms with Gasteiger partial charge >= 0.3 is 0 Å². The van der Waals surface area contributed by atoms with Gasteiger partial charge in [0.05, 0.1) is 10.4 Å². The van der Waals surface area contributed by atoms with E-state index >= 15 is 0 Å². The normalized spacial score (nSPS) is 12.1. The zero-order valence-corrected chi connectivity index (χ0v) is 9.84. The lowest BCUT2D eigenvalue weighted by molar-refractivity contribution is 0.179. The van der Waals surface area contributed by atoms with E-state index < -0.39 is 9.84 Å². The number of nitrogens with one attached hydrogen (secondary N) is 1. The SMILES string of the molecule is COCc1nc2c(S(C)(=O)=O)cccc2[nH]1. The van der Waals surface area contributed by atoms with Crippen LogP contribution in [0.4, 0.5) is 0 Å². The second-order valence-corrected chi connectivity index (χ2v) is 5.53. The van der Waals surface area contributed by atoms with Crippen LogP contribution in [0.1, 0.15) is 5.82 Å². The maximum absolute atomic E-state index is 11.5. The first kappa shape index (κ1) is 11.1. The quantitative estimate of drug-likeness (QED) is 0.872. The van der Waals surface area contributed by atoms with Crippen LogP contribution in [-0.4, -0.2) is 31.8 Å². The molecule has 5 nitrogen and oxygen atoms in total. The summed E-state index contributed by atoms with van der Waals surface area (Å²) in [6.07, 6.45) is 1.17. The fourth-order valence-corrected chi connectivity index (χ4v) is 2.39. The Kier molecular flexibility index (Phi) is 2.69. The molecule has 1 aromatic heterocycles. The van der Waals surface area contributed by atoms with Crippen LogP contribution in [0.25, 0.3) is 11.0 Å². The topological polar surface area (TPSA) is 72.0 Å². The van der Waals surface area contributed by atoms with E-state index in [4.69, 9.17) is 4.74 Å². The summed E-state index contributed by atoms with van der Waals surface area (Å²) in [6, 6.07) is 5.03. The van der Waals surface area contributed by atoms with E-state index in [1.807, 2.05) is 0 Å². The monoisotopic (exact) mass is 240 g/mol. The summed E-state index contributed by atoms with van der Waals surface area (Å²) < 4.78 is 28.0. The zero-order chi connectivity index (χ0) is 11.8. The molecule has 2 rings (SSSR count). The Labute approximate surface area is 93.4 Å². The van der Waals surface area contributed by atoms with E-state index in [0.29, 0.717) is 23.5 Å². The van der Waals surface area contributed by atoms with E-state index in [1.54, 1.807) is 25.3 Å². The number of aromatic nitrogens is 2. The Hall–Kier alpha value is -1.40. The number of ether oxygens (including phenoxy) is 1. The van der Waals surface area contributed by atoms with Crippen molar-refractivity contribution in [2.45, 2.75) is 11.5 Å². The summed E-state index contributed by atoms with van der Waals surface area (Å²) in [5, 5.41) is 0. The predicted octanol–water partition coefficient (Wildman–Crippen LogP) is 1.11. The number of aromatic amines is 1. The van der Waals surface area contributed by atoms with Crippen molar-refractivity contribution in [2.75, 3.05) is 13.4 Å². The van der Waals surface area contributed by atoms with Crippen molar-refractivity contribution < 1.29 is 13.2 Å². The Morgan fingerprint density at radius 1 is 1.44 bits per heavy atom. The first-order valence-electron chi connectivity index (χ1n) is 4.69. The van der Waals surface area contributed by atoms with Crippen molar-refractivity contribution in [3.05, 3.63) is 24.0 Å². The number of imidazole rings is 1. The first-order valence-corrected chi connectivity index (χ1v) is 6.58. The van der Waals surface area contributed by atoms with Crippen LogP contribution < -0.4 is 0 Å². The maximum atomic E-state index is 11.5. The van der Waals surface area contributed by atoms with Crippen LogP contribution in [0.2, 0.25) is 0 Å². The number of sulfone groups is 1. The number of nitrogens with zero attached hydrogens (tertiary/aromatic N) is 1. The average molecular weight is 240 g/mol. The first-order chi connectivity index (χ1) is 7.52. The van der Waals surface area contributed by atoms with Crippen molar-refractivity contribution in [2.24, 2.45) is 0 Å². The smallest absolute Gasteiger partial charge is 0.177 e. The minimum Gasteiger partial charge on any atom is -0.377 e. The molecule has 1 N–H and O–H groups in total. The van der Waals surface area contributed by atoms with Gasteiger partial charge in [-0.25, -0.2) is 13.4 Å². The fourth-order valence-electron chi connectivity index (χ4n) is 1.56. The van der Waals surface area contributed by atoms with Crippen LogP contribution in [0.15, 0.2) is 23.1 Å². The van der Waals surface area contributed by atoms with Crippen LogP contribution in [0.3, 0.4) is 0 Å². The Balaban J connectivity index is 2.68. The third-order valence-electron chi connectivity index (χ3n) is 2.21. The van der Waals surface area contributed by atoms with Crippen LogP contribution in [-0.2, 0) is 21.2 Å². The molecule has 86 valence electrons. The van der Waals surface area contributed by atoms with Gasteiger partial charge in [0.2, 0.25) is 0 Å². The molecule has 0 atom stereocenters. The lowest BCUT2D eigenvalue weighted by atomic mass is 10.3. The molecular weight excluding hydrogens is 228 g/mol. The molecule has 0 aliphatic carbocycles. The Bertz CT molecular complexity index is 616. The molecule has 0 saturated heterocycles. The van der Waals surface area contributed by atoms with Crippen molar-refractivity contribution in [1.29, 1.82) is 0 Å². The van der Waals surface area contributed by atoms with Gasteiger partial charge in [0.15, 0.2) is 9.84 Å². The molecule has 0 amide bonds. The van der Waals surface area contributed by atoms with Gasteiger partial charge in [-0.15, -0.1) is 0 Å². The highest BCUT2D eigenvalue weighted by Crippen LogP contribution is 2.20. The highest BCUT2D eigenvalue weighted by molar-refractivity contribution is 7.91. The van der Waals surface area contributed by atoms with Gasteiger partial charge in [0.1, 0.15) is 17.9 Å². The molecular formula is C10H12N2O3S. The summed E-state index contributed by atoms with van der Waals surface area (Å²) in [5.74, 6) is 0.619. The van der Waals surface area contributed by atoms with Gasteiger partial charge in [-0.2, -0.15) is 0 Å². The average Bonchev–Trinajstić information content (AvgIpc) is 2.58. The highest BCUT2D eigenvalue weighted by atomic mass is 32.2. The number of para-hydroxylation sites is 1. The number of hydrogen-bond acceptors (Lipinski definition) is 4. The van der Waals surface area contributed by atoms with Crippen molar-refractivity contribution in [3.8, 4) is 0 Å². The second-order valence-electron chi connectivity index (χ2n) is 3.54. The van der Waals surface area contributed by atoms with Crippen LogP contribution >= 0.6 is 0 Å². The van der Waals surface area contributed by atoms with Crippen molar-refractivity contribution in [3.63, 3.8) is 0 Å². The Morgan fingerprint density at radius 3 is 2.81 bits per heavy atom. The molecule has 0 aliphatic rings. The molecule has 2 aromatic rings. The van der Waals surface area contributed by atoms with Gasteiger partial charge in [-0.1, -0.05) is 6.07 Å². The summed E-state index contributed by atoms with van der Waals surface area (Å²) in [7, 11) is -1.69. The maximum Gasteiger partial charge on any atom is 0.177 e. The molecule has 0 unspecified atom stereocenters. The van der Waals surface area contributed by atoms with Crippen molar-refractivity contribution >= 4 is 20.9 Å². The van der Waals surface area contributed by atoms with Gasteiger partial charge in [0, 0.05) is 13.4 Å². The molecule has 0 fully saturated rings. The number of methoxy groups -OCH3 is 1. The summed E-state index contributed by atoms with van der Waals surface area (Å²) in [5.41, 5.74) is 1.17. The minimum atomic E-state index is -3.25. The minimum absolute atomic E-state index is 0.239. The molecule has 0 saturated carbocycles. The molecule has 0 bridgehead atoms. The van der Waals surface area contributed by atoms with E-state index in [2.05, 4.69) is 9.97 Å². The van der Waals surface area contributed by atoms with Gasteiger partial charge in [-0.05, 0) is 12.1 Å². The van der Waals surface area contributed by atoms with E-state index in [0.717, 1.165) is 0 Å². The summed E-state index contributed by atoms with van der Waals surface area (Å²) >= 11 is 0. The molecule has 16 heavy (non-hydrogen) atoms. The van der Waals surface area contributed by atoms with E-state index in [9.17, 15) is 8.42 Å². The number of hydrogen-bond donors (Lipinski definition) is 1. The molecule has 0 spiro atoms. The van der Waals surface area contributed by atoms with E-state index in [1.165, 1.54) is 6.26 Å². The lowest BCUT2D eigenvalue weighted by Gasteiger charge is -1.97. The summed E-state index contributed by atoms with van der Waals surface area (Å²) in [6.45, 7) is 0.331. The second kappa shape index (κ2) is 3.88. The molecule has 0 radical (unpaired) electrons. The lowest BCUT2D eigenvalue weighted by Crippen LogP contribution is -1.97. The number of benzene rings is 1. The fraction of sp³-hybridized carbons (Fsp3) is 0.300. The van der Waals surface area contributed by atoms with Gasteiger partial charge in [0.25, 0.3) is 0 Å². The third-order valence-corrected chi connectivity index (χ3v) is 3.33. The molecule has 1 heterocycles. The van der Waals surface area contributed by atoms with Gasteiger partial charge < -0.3 is 9.72 Å². The van der Waals surface area contributed by atoms with Crippen LogP contribution in [0.5, 0.6) is 0 Å². The van der Waals surface area contributed by atoms with E-state index in [-0.39, 0.29) is 4.90 Å². The number of H-pyrrole nitrogens is 1. The largest absolute Gasteiger partial charge is 0.377 e. The van der Waals surface area contributed by atoms with Gasteiger partial charge in [-0.3, -0.25) is 0 Å². The molecule has 1 aromatic carbocycles. The standard InChI is InChI=1S/C10H12N2O3S/c1-15-6-9-11-7-4-3-5-8(10(7)12-9)16(2,13)14/h3-5H,6H2,1-2H3,(H,11,12). The predicted molar refractivity (Wildman–Crippen MR) is 59.9 cm³/mol. The number of fused-ring (bicyclic) bond motifs is 1.